The summed E-state index contributed by atoms with van der Waals surface area (Å²) >= 11 is 0. The summed E-state index contributed by atoms with van der Waals surface area (Å²) in [5, 5.41) is 18.7. The second-order valence-corrected chi connectivity index (χ2v) is 7.23. The van der Waals surface area contributed by atoms with Gasteiger partial charge >= 0.3 is 5.97 Å². The molecule has 0 radical (unpaired) electrons. The van der Waals surface area contributed by atoms with Crippen LogP contribution >= 0.6 is 0 Å². The van der Waals surface area contributed by atoms with Crippen LogP contribution in [-0.4, -0.2) is 33.7 Å². The Kier molecular flexibility index (Phi) is 4.08. The van der Waals surface area contributed by atoms with E-state index < -0.39 is 12.1 Å². The molecule has 0 spiro atoms. The lowest BCUT2D eigenvalue weighted by Gasteiger charge is -2.43. The standard InChI is InChI=1S/C18H24O5/c1-10(3-6-16(20)21)11-7-8-18(2)13(11)9-12-15(23-18)5-4-14(19)17(12)22/h7,10,13-14,19H,3-6,8-9H2,1-2H3,(H,20,21)/t10?,13-,14+,18+/m1/s1. The first-order chi connectivity index (χ1) is 10.8. The lowest BCUT2D eigenvalue weighted by Crippen LogP contribution is -2.43. The van der Waals surface area contributed by atoms with Gasteiger partial charge in [-0.2, -0.15) is 0 Å². The maximum atomic E-state index is 12.3. The molecule has 126 valence electrons. The van der Waals surface area contributed by atoms with Crippen molar-refractivity contribution in [1.29, 1.82) is 0 Å². The third kappa shape index (κ3) is 2.82. The molecule has 1 aliphatic heterocycles. The van der Waals surface area contributed by atoms with Crippen molar-refractivity contribution < 1.29 is 24.5 Å². The molecule has 5 nitrogen and oxygen atoms in total. The molecule has 0 aromatic heterocycles. The van der Waals surface area contributed by atoms with Crippen molar-refractivity contribution in [3.8, 4) is 0 Å². The third-order valence-corrected chi connectivity index (χ3v) is 5.59. The minimum absolute atomic E-state index is 0.0966. The monoisotopic (exact) mass is 320 g/mol. The van der Waals surface area contributed by atoms with Crippen molar-refractivity contribution in [2.24, 2.45) is 11.8 Å². The predicted molar refractivity (Wildman–Crippen MR) is 83.6 cm³/mol. The molecule has 0 fully saturated rings. The number of aliphatic carboxylic acids is 1. The van der Waals surface area contributed by atoms with Crippen molar-refractivity contribution in [2.45, 2.75) is 64.1 Å². The van der Waals surface area contributed by atoms with Crippen LogP contribution in [0, 0.1) is 11.8 Å². The van der Waals surface area contributed by atoms with E-state index in [2.05, 4.69) is 13.0 Å². The van der Waals surface area contributed by atoms with Gasteiger partial charge in [-0.05, 0) is 32.1 Å². The quantitative estimate of drug-likeness (QED) is 0.778. The van der Waals surface area contributed by atoms with Crippen molar-refractivity contribution in [1.82, 2.24) is 0 Å². The fourth-order valence-corrected chi connectivity index (χ4v) is 4.16. The largest absolute Gasteiger partial charge is 0.491 e. The van der Waals surface area contributed by atoms with Crippen LogP contribution in [0.5, 0.6) is 0 Å². The van der Waals surface area contributed by atoms with Gasteiger partial charge in [0, 0.05) is 30.8 Å². The Morgan fingerprint density at radius 2 is 2.26 bits per heavy atom. The van der Waals surface area contributed by atoms with E-state index in [4.69, 9.17) is 9.84 Å². The van der Waals surface area contributed by atoms with Crippen LogP contribution in [0.15, 0.2) is 23.0 Å². The molecule has 0 amide bonds. The molecular formula is C18H24O5. The molecule has 23 heavy (non-hydrogen) atoms. The highest BCUT2D eigenvalue weighted by Gasteiger charge is 2.49. The molecule has 0 saturated carbocycles. The summed E-state index contributed by atoms with van der Waals surface area (Å²) in [5.41, 5.74) is 1.51. The number of ketones is 1. The van der Waals surface area contributed by atoms with E-state index in [0.717, 1.165) is 12.2 Å². The van der Waals surface area contributed by atoms with Gasteiger partial charge in [0.2, 0.25) is 0 Å². The van der Waals surface area contributed by atoms with Gasteiger partial charge in [0.25, 0.3) is 0 Å². The lowest BCUT2D eigenvalue weighted by molar-refractivity contribution is -0.137. The normalized spacial score (nSPS) is 34.4. The fraction of sp³-hybridized carbons (Fsp3) is 0.667. The average Bonchev–Trinajstić information content (AvgIpc) is 2.83. The van der Waals surface area contributed by atoms with E-state index in [9.17, 15) is 14.7 Å². The van der Waals surface area contributed by atoms with Gasteiger partial charge in [0.05, 0.1) is 0 Å². The van der Waals surface area contributed by atoms with Gasteiger partial charge in [0.1, 0.15) is 17.5 Å². The number of carbonyl (C=O) groups is 2. The number of carboxylic acids is 1. The summed E-state index contributed by atoms with van der Waals surface area (Å²) in [6, 6.07) is 0. The molecule has 1 unspecified atom stereocenters. The molecule has 0 saturated heterocycles. The molecule has 5 heteroatoms. The second-order valence-electron chi connectivity index (χ2n) is 7.23. The van der Waals surface area contributed by atoms with Gasteiger partial charge in [-0.15, -0.1) is 0 Å². The highest BCUT2D eigenvalue weighted by molar-refractivity contribution is 6.00. The summed E-state index contributed by atoms with van der Waals surface area (Å²) in [6.45, 7) is 4.12. The van der Waals surface area contributed by atoms with Crippen molar-refractivity contribution >= 4 is 11.8 Å². The predicted octanol–water partition coefficient (Wildman–Crippen LogP) is 2.59. The smallest absolute Gasteiger partial charge is 0.303 e. The molecule has 0 aromatic rings. The topological polar surface area (TPSA) is 83.8 Å². The number of aliphatic hydroxyl groups excluding tert-OH is 1. The molecule has 1 heterocycles. The zero-order valence-electron chi connectivity index (χ0n) is 13.7. The SMILES string of the molecule is CC(CCC(=O)O)C1=CC[C@]2(C)OC3=C(C[C@H]12)C(=O)[C@@H](O)CC3. The highest BCUT2D eigenvalue weighted by Crippen LogP contribution is 2.51. The zero-order valence-corrected chi connectivity index (χ0v) is 13.7. The molecule has 0 bridgehead atoms. The van der Waals surface area contributed by atoms with E-state index in [1.165, 1.54) is 5.57 Å². The van der Waals surface area contributed by atoms with Gasteiger partial charge in [-0.25, -0.2) is 0 Å². The Morgan fingerprint density at radius 3 is 2.96 bits per heavy atom. The average molecular weight is 320 g/mol. The van der Waals surface area contributed by atoms with Gasteiger partial charge in [0.15, 0.2) is 5.78 Å². The summed E-state index contributed by atoms with van der Waals surface area (Å²) in [7, 11) is 0. The molecule has 0 aromatic carbocycles. The Hall–Kier alpha value is -1.62. The van der Waals surface area contributed by atoms with E-state index in [1.54, 1.807) is 0 Å². The first-order valence-corrected chi connectivity index (χ1v) is 8.37. The van der Waals surface area contributed by atoms with Crippen LogP contribution in [0.2, 0.25) is 0 Å². The van der Waals surface area contributed by atoms with Gasteiger partial charge in [-0.1, -0.05) is 18.6 Å². The van der Waals surface area contributed by atoms with Crippen molar-refractivity contribution in [2.75, 3.05) is 0 Å². The van der Waals surface area contributed by atoms with E-state index >= 15 is 0 Å². The van der Waals surface area contributed by atoms with Crippen molar-refractivity contribution in [3.05, 3.63) is 23.0 Å². The Bertz CT molecular complexity index is 603. The number of carbonyl (C=O) groups excluding carboxylic acids is 1. The van der Waals surface area contributed by atoms with Gasteiger partial charge < -0.3 is 14.9 Å². The molecule has 3 rings (SSSR count). The number of fused-ring (bicyclic) bond motifs is 1. The highest BCUT2D eigenvalue weighted by atomic mass is 16.5. The molecule has 4 atom stereocenters. The van der Waals surface area contributed by atoms with Crippen LogP contribution in [0.25, 0.3) is 0 Å². The summed E-state index contributed by atoms with van der Waals surface area (Å²) in [6.07, 6.45) is 4.45. The maximum absolute atomic E-state index is 12.3. The minimum atomic E-state index is -0.903. The maximum Gasteiger partial charge on any atom is 0.303 e. The number of hydrogen-bond donors (Lipinski definition) is 2. The number of carboxylic acid groups (broad SMARTS) is 1. The summed E-state index contributed by atoms with van der Waals surface area (Å²) < 4.78 is 6.21. The Balaban J connectivity index is 1.81. The van der Waals surface area contributed by atoms with E-state index in [0.29, 0.717) is 31.3 Å². The molecule has 2 aliphatic carbocycles. The summed E-state index contributed by atoms with van der Waals surface area (Å²) in [5.74, 6) is 0.0323. The van der Waals surface area contributed by atoms with Crippen LogP contribution < -0.4 is 0 Å². The van der Waals surface area contributed by atoms with Crippen LogP contribution in [0.3, 0.4) is 0 Å². The number of Topliss-reactive ketones (excluding diaryl/α,β-unsaturated/α-hetero) is 1. The summed E-state index contributed by atoms with van der Waals surface area (Å²) in [4.78, 5) is 23.1. The van der Waals surface area contributed by atoms with E-state index in [-0.39, 0.29) is 29.6 Å². The number of rotatable bonds is 4. The Morgan fingerprint density at radius 1 is 1.52 bits per heavy atom. The first-order valence-electron chi connectivity index (χ1n) is 8.37. The number of hydrogen-bond acceptors (Lipinski definition) is 4. The number of aliphatic hydroxyl groups is 1. The number of ether oxygens (including phenoxy) is 1. The van der Waals surface area contributed by atoms with Crippen molar-refractivity contribution in [3.63, 3.8) is 0 Å². The minimum Gasteiger partial charge on any atom is -0.491 e. The molecule has 2 N–H and O–H groups in total. The molecular weight excluding hydrogens is 296 g/mol. The third-order valence-electron chi connectivity index (χ3n) is 5.59. The van der Waals surface area contributed by atoms with Gasteiger partial charge in [-0.3, -0.25) is 9.59 Å². The lowest BCUT2D eigenvalue weighted by atomic mass is 9.74. The second kappa shape index (κ2) is 5.78. The Labute approximate surface area is 136 Å². The molecule has 3 aliphatic rings. The number of allylic oxidation sites excluding steroid dienone is 1. The zero-order chi connectivity index (χ0) is 16.8. The van der Waals surface area contributed by atoms with E-state index in [1.807, 2.05) is 6.92 Å². The first kappa shape index (κ1) is 16.2. The van der Waals surface area contributed by atoms with Crippen LogP contribution in [0.1, 0.15) is 52.4 Å². The van der Waals surface area contributed by atoms with Crippen LogP contribution in [-0.2, 0) is 14.3 Å². The van der Waals surface area contributed by atoms with Crippen LogP contribution in [0.4, 0.5) is 0 Å². The fourth-order valence-electron chi connectivity index (χ4n) is 4.16.